The Balaban J connectivity index is 2.25. The minimum absolute atomic E-state index is 0.160. The van der Waals surface area contributed by atoms with Crippen molar-refractivity contribution in [3.63, 3.8) is 0 Å². The molecular formula is C20H18O4. The number of ether oxygens (including phenoxy) is 2. The van der Waals surface area contributed by atoms with Gasteiger partial charge in [-0.05, 0) is 35.4 Å². The molecule has 0 unspecified atom stereocenters. The van der Waals surface area contributed by atoms with Crippen LogP contribution in [0.2, 0.25) is 0 Å². The average molecular weight is 322 g/mol. The van der Waals surface area contributed by atoms with Crippen LogP contribution in [0.3, 0.4) is 0 Å². The molecule has 0 fully saturated rings. The number of carbonyl (C=O) groups excluding carboxylic acids is 2. The van der Waals surface area contributed by atoms with E-state index >= 15 is 0 Å². The van der Waals surface area contributed by atoms with E-state index in [1.807, 2.05) is 12.1 Å². The molecule has 4 heteroatoms. The summed E-state index contributed by atoms with van der Waals surface area (Å²) in [6.45, 7) is 7.34. The molecule has 0 aliphatic heterocycles. The highest BCUT2D eigenvalue weighted by Gasteiger charge is 2.10. The van der Waals surface area contributed by atoms with Crippen molar-refractivity contribution in [3.8, 4) is 11.1 Å². The predicted molar refractivity (Wildman–Crippen MR) is 92.8 cm³/mol. The van der Waals surface area contributed by atoms with Gasteiger partial charge in [-0.3, -0.25) is 0 Å². The van der Waals surface area contributed by atoms with Gasteiger partial charge < -0.3 is 9.47 Å². The van der Waals surface area contributed by atoms with Crippen molar-refractivity contribution in [1.29, 1.82) is 0 Å². The van der Waals surface area contributed by atoms with Crippen molar-refractivity contribution in [2.24, 2.45) is 0 Å². The van der Waals surface area contributed by atoms with Gasteiger partial charge >= 0.3 is 11.9 Å². The van der Waals surface area contributed by atoms with Gasteiger partial charge in [-0.15, -0.1) is 0 Å². The number of esters is 2. The second-order valence-corrected chi connectivity index (χ2v) is 4.94. The molecule has 2 aromatic carbocycles. The summed E-state index contributed by atoms with van der Waals surface area (Å²) in [6.07, 6.45) is 3.03. The minimum Gasteiger partial charge on any atom is -0.458 e. The maximum Gasteiger partial charge on any atom is 0.338 e. The number of benzene rings is 2. The molecular weight excluding hydrogens is 304 g/mol. The lowest BCUT2D eigenvalue weighted by Gasteiger charge is -2.07. The van der Waals surface area contributed by atoms with Gasteiger partial charge in [0.25, 0.3) is 0 Å². The van der Waals surface area contributed by atoms with E-state index in [4.69, 9.17) is 9.47 Å². The summed E-state index contributed by atoms with van der Waals surface area (Å²) in [6, 6.07) is 14.1. The highest BCUT2D eigenvalue weighted by Crippen LogP contribution is 2.22. The van der Waals surface area contributed by atoms with Gasteiger partial charge in [0.15, 0.2) is 0 Å². The number of hydrogen-bond acceptors (Lipinski definition) is 4. The zero-order valence-electron chi connectivity index (χ0n) is 13.2. The Hall–Kier alpha value is -3.14. The van der Waals surface area contributed by atoms with E-state index in [9.17, 15) is 9.59 Å². The summed E-state index contributed by atoms with van der Waals surface area (Å²) in [4.78, 5) is 23.9. The molecule has 0 aliphatic carbocycles. The highest BCUT2D eigenvalue weighted by molar-refractivity contribution is 5.93. The normalized spacial score (nSPS) is 9.83. The van der Waals surface area contributed by atoms with Crippen molar-refractivity contribution in [2.75, 3.05) is 13.2 Å². The minimum atomic E-state index is -0.418. The Bertz CT molecular complexity index is 696. The van der Waals surface area contributed by atoms with Gasteiger partial charge in [-0.1, -0.05) is 49.6 Å². The molecule has 4 nitrogen and oxygen atoms in total. The molecule has 24 heavy (non-hydrogen) atoms. The number of hydrogen-bond donors (Lipinski definition) is 0. The van der Waals surface area contributed by atoms with Crippen molar-refractivity contribution in [1.82, 2.24) is 0 Å². The number of carbonyl (C=O) groups is 2. The van der Waals surface area contributed by atoms with E-state index in [-0.39, 0.29) is 13.2 Å². The van der Waals surface area contributed by atoms with Gasteiger partial charge in [0.2, 0.25) is 0 Å². The lowest BCUT2D eigenvalue weighted by molar-refractivity contribution is 0.0540. The smallest absolute Gasteiger partial charge is 0.338 e. The third kappa shape index (κ3) is 4.43. The van der Waals surface area contributed by atoms with Crippen molar-refractivity contribution in [2.45, 2.75) is 0 Å². The van der Waals surface area contributed by atoms with Crippen LogP contribution in [0, 0.1) is 0 Å². The zero-order chi connectivity index (χ0) is 17.4. The van der Waals surface area contributed by atoms with Crippen LogP contribution in [0.1, 0.15) is 20.7 Å². The molecule has 0 spiro atoms. The van der Waals surface area contributed by atoms with Crippen LogP contribution in [0.25, 0.3) is 11.1 Å². The molecule has 0 saturated heterocycles. The Morgan fingerprint density at radius 1 is 0.792 bits per heavy atom. The molecule has 0 saturated carbocycles. The van der Waals surface area contributed by atoms with E-state index in [0.717, 1.165) is 11.1 Å². The third-order valence-electron chi connectivity index (χ3n) is 3.19. The monoisotopic (exact) mass is 322 g/mol. The van der Waals surface area contributed by atoms with Crippen LogP contribution in [-0.2, 0) is 9.47 Å². The molecule has 0 heterocycles. The first-order valence-corrected chi connectivity index (χ1v) is 7.42. The fourth-order valence-corrected chi connectivity index (χ4v) is 2.09. The predicted octanol–water partition coefficient (Wildman–Crippen LogP) is 4.04. The van der Waals surface area contributed by atoms with Gasteiger partial charge in [0.05, 0.1) is 11.1 Å². The SMILES string of the molecule is C=CCOC(=O)c1cccc(-c2cccc(C(=O)OCC=C)c2)c1. The molecule has 0 radical (unpaired) electrons. The van der Waals surface area contributed by atoms with Crippen LogP contribution < -0.4 is 0 Å². The van der Waals surface area contributed by atoms with Crippen LogP contribution >= 0.6 is 0 Å². The molecule has 2 rings (SSSR count). The molecule has 0 aromatic heterocycles. The van der Waals surface area contributed by atoms with E-state index in [1.165, 1.54) is 12.2 Å². The van der Waals surface area contributed by atoms with Crippen LogP contribution in [-0.4, -0.2) is 25.2 Å². The molecule has 0 bridgehead atoms. The highest BCUT2D eigenvalue weighted by atomic mass is 16.5. The molecule has 0 aliphatic rings. The molecule has 0 atom stereocenters. The van der Waals surface area contributed by atoms with E-state index < -0.39 is 11.9 Å². The summed E-state index contributed by atoms with van der Waals surface area (Å²) in [7, 11) is 0. The van der Waals surface area contributed by atoms with Crippen molar-refractivity contribution < 1.29 is 19.1 Å². The topological polar surface area (TPSA) is 52.6 Å². The van der Waals surface area contributed by atoms with E-state index in [0.29, 0.717) is 11.1 Å². The Morgan fingerprint density at radius 2 is 1.21 bits per heavy atom. The van der Waals surface area contributed by atoms with Crippen LogP contribution in [0.5, 0.6) is 0 Å². The van der Waals surface area contributed by atoms with Crippen LogP contribution in [0.15, 0.2) is 73.8 Å². The quantitative estimate of drug-likeness (QED) is 0.570. The first-order chi connectivity index (χ1) is 11.7. The Kier molecular flexibility index (Phi) is 6.08. The number of rotatable bonds is 7. The Morgan fingerprint density at radius 3 is 1.58 bits per heavy atom. The van der Waals surface area contributed by atoms with Crippen molar-refractivity contribution in [3.05, 3.63) is 85.0 Å². The third-order valence-corrected chi connectivity index (χ3v) is 3.19. The second kappa shape index (κ2) is 8.48. The van der Waals surface area contributed by atoms with Crippen LogP contribution in [0.4, 0.5) is 0 Å². The zero-order valence-corrected chi connectivity index (χ0v) is 13.2. The lowest BCUT2D eigenvalue weighted by Crippen LogP contribution is -2.05. The maximum atomic E-state index is 11.9. The molecule has 0 N–H and O–H groups in total. The first kappa shape index (κ1) is 17.2. The fourth-order valence-electron chi connectivity index (χ4n) is 2.09. The average Bonchev–Trinajstić information content (AvgIpc) is 2.64. The summed E-state index contributed by atoms with van der Waals surface area (Å²) < 4.78 is 10.1. The molecule has 0 amide bonds. The van der Waals surface area contributed by atoms with Gasteiger partial charge in [-0.2, -0.15) is 0 Å². The maximum absolute atomic E-state index is 11.9. The van der Waals surface area contributed by atoms with Crippen molar-refractivity contribution >= 4 is 11.9 Å². The van der Waals surface area contributed by atoms with Gasteiger partial charge in [-0.25, -0.2) is 9.59 Å². The summed E-state index contributed by atoms with van der Waals surface area (Å²) in [5, 5.41) is 0. The summed E-state index contributed by atoms with van der Waals surface area (Å²) in [5.74, 6) is -0.836. The lowest BCUT2D eigenvalue weighted by atomic mass is 10.0. The first-order valence-electron chi connectivity index (χ1n) is 7.42. The second-order valence-electron chi connectivity index (χ2n) is 4.94. The fraction of sp³-hybridized carbons (Fsp3) is 0.100. The largest absolute Gasteiger partial charge is 0.458 e. The van der Waals surface area contributed by atoms with Gasteiger partial charge in [0, 0.05) is 0 Å². The van der Waals surface area contributed by atoms with Gasteiger partial charge in [0.1, 0.15) is 13.2 Å². The van der Waals surface area contributed by atoms with E-state index in [2.05, 4.69) is 13.2 Å². The van der Waals surface area contributed by atoms with E-state index in [1.54, 1.807) is 36.4 Å². The summed E-state index contributed by atoms with van der Waals surface area (Å²) in [5.41, 5.74) is 2.49. The molecule has 122 valence electrons. The Labute approximate surface area is 141 Å². The summed E-state index contributed by atoms with van der Waals surface area (Å²) >= 11 is 0. The molecule has 2 aromatic rings. The standard InChI is InChI=1S/C20H18O4/c1-3-11-23-19(21)17-9-5-7-15(13-17)16-8-6-10-18(14-16)20(22)24-12-4-2/h3-10,13-14H,1-2,11-12H2.